The van der Waals surface area contributed by atoms with E-state index in [4.69, 9.17) is 0 Å². The zero-order chi connectivity index (χ0) is 19.2. The van der Waals surface area contributed by atoms with Gasteiger partial charge < -0.3 is 9.80 Å². The number of carbonyl (C=O) groups is 1. The third-order valence-corrected chi connectivity index (χ3v) is 6.90. The summed E-state index contributed by atoms with van der Waals surface area (Å²) >= 11 is 0. The van der Waals surface area contributed by atoms with Gasteiger partial charge in [-0.3, -0.25) is 9.69 Å². The molecule has 0 atom stereocenters. The van der Waals surface area contributed by atoms with E-state index in [1.807, 2.05) is 6.07 Å². The Kier molecular flexibility index (Phi) is 7.03. The maximum Gasteiger partial charge on any atom is 0.253 e. The second kappa shape index (κ2) is 9.89. The van der Waals surface area contributed by atoms with Crippen molar-refractivity contribution in [2.45, 2.75) is 57.9 Å². The van der Waals surface area contributed by atoms with Crippen LogP contribution < -0.4 is 0 Å². The lowest BCUT2D eigenvalue weighted by Crippen LogP contribution is -2.37. The first-order valence-electron chi connectivity index (χ1n) is 11.6. The molecule has 28 heavy (non-hydrogen) atoms. The van der Waals surface area contributed by atoms with Crippen LogP contribution in [-0.2, 0) is 6.54 Å². The Bertz CT molecular complexity index is 634. The van der Waals surface area contributed by atoms with Crippen molar-refractivity contribution in [3.63, 3.8) is 0 Å². The molecule has 0 N–H and O–H groups in total. The molecule has 1 aliphatic carbocycles. The summed E-state index contributed by atoms with van der Waals surface area (Å²) in [6.07, 6.45) is 10.8. The van der Waals surface area contributed by atoms with Crippen molar-refractivity contribution in [3.05, 3.63) is 35.4 Å². The first-order chi connectivity index (χ1) is 13.8. The monoisotopic (exact) mass is 383 g/mol. The van der Waals surface area contributed by atoms with Gasteiger partial charge in [-0.15, -0.1) is 0 Å². The van der Waals surface area contributed by atoms with Crippen LogP contribution in [0, 0.1) is 5.92 Å². The molecule has 2 aliphatic heterocycles. The molecule has 0 spiro atoms. The predicted octanol–water partition coefficient (Wildman–Crippen LogP) is 4.01. The lowest BCUT2D eigenvalue weighted by atomic mass is 9.89. The van der Waals surface area contributed by atoms with E-state index in [2.05, 4.69) is 32.9 Å². The van der Waals surface area contributed by atoms with E-state index in [9.17, 15) is 4.79 Å². The molecule has 4 rings (SSSR count). The second-order valence-corrected chi connectivity index (χ2v) is 9.13. The fourth-order valence-electron chi connectivity index (χ4n) is 5.28. The van der Waals surface area contributed by atoms with Gasteiger partial charge in [0, 0.05) is 38.3 Å². The lowest BCUT2D eigenvalue weighted by molar-refractivity contribution is 0.0759. The zero-order valence-electron chi connectivity index (χ0n) is 17.5. The molecule has 0 unspecified atom stereocenters. The molecule has 1 saturated carbocycles. The number of rotatable bonds is 5. The van der Waals surface area contributed by atoms with Gasteiger partial charge in [0.1, 0.15) is 0 Å². The summed E-state index contributed by atoms with van der Waals surface area (Å²) < 4.78 is 0. The van der Waals surface area contributed by atoms with Crippen molar-refractivity contribution in [2.75, 3.05) is 45.8 Å². The van der Waals surface area contributed by atoms with E-state index in [0.717, 1.165) is 50.6 Å². The van der Waals surface area contributed by atoms with E-state index >= 15 is 0 Å². The van der Waals surface area contributed by atoms with E-state index < -0.39 is 0 Å². The summed E-state index contributed by atoms with van der Waals surface area (Å²) in [6.45, 7) is 8.58. The molecule has 0 aromatic heterocycles. The van der Waals surface area contributed by atoms with Crippen LogP contribution in [0.3, 0.4) is 0 Å². The van der Waals surface area contributed by atoms with Gasteiger partial charge in [-0.25, -0.2) is 0 Å². The van der Waals surface area contributed by atoms with Crippen molar-refractivity contribution in [1.82, 2.24) is 14.7 Å². The van der Waals surface area contributed by atoms with Crippen LogP contribution in [0.25, 0.3) is 0 Å². The molecule has 3 aliphatic rings. The summed E-state index contributed by atoms with van der Waals surface area (Å²) in [7, 11) is 0. The van der Waals surface area contributed by atoms with Crippen LogP contribution in [0.15, 0.2) is 24.3 Å². The highest BCUT2D eigenvalue weighted by molar-refractivity contribution is 5.94. The van der Waals surface area contributed by atoms with E-state index in [-0.39, 0.29) is 5.91 Å². The lowest BCUT2D eigenvalue weighted by Gasteiger charge is -2.28. The molecule has 2 saturated heterocycles. The molecule has 1 aromatic rings. The van der Waals surface area contributed by atoms with Crippen LogP contribution in [0.2, 0.25) is 0 Å². The molecule has 4 heteroatoms. The summed E-state index contributed by atoms with van der Waals surface area (Å²) in [4.78, 5) is 20.3. The molecule has 0 bridgehead atoms. The van der Waals surface area contributed by atoms with E-state index in [1.165, 1.54) is 70.1 Å². The first kappa shape index (κ1) is 19.9. The largest absolute Gasteiger partial charge is 0.337 e. The minimum Gasteiger partial charge on any atom is -0.337 e. The standard InChI is InChI=1S/C24H37N3O/c28-24(23-11-6-10-22(18-23)20-25-12-4-5-13-25)27-15-7-14-26(16-17-27)19-21-8-2-1-3-9-21/h6,10-11,18,21H,1-5,7-9,12-17,19-20H2. The molecule has 1 amide bonds. The average molecular weight is 384 g/mol. The number of nitrogens with zero attached hydrogens (tertiary/aromatic N) is 3. The number of hydrogen-bond donors (Lipinski definition) is 0. The maximum atomic E-state index is 13.1. The Morgan fingerprint density at radius 2 is 1.61 bits per heavy atom. The molecule has 1 aromatic carbocycles. The molecule has 4 nitrogen and oxygen atoms in total. The second-order valence-electron chi connectivity index (χ2n) is 9.13. The van der Waals surface area contributed by atoms with Gasteiger partial charge in [0.05, 0.1) is 0 Å². The van der Waals surface area contributed by atoms with Crippen molar-refractivity contribution in [1.29, 1.82) is 0 Å². The Labute approximate surface area is 170 Å². The highest BCUT2D eigenvalue weighted by atomic mass is 16.2. The highest BCUT2D eigenvalue weighted by Crippen LogP contribution is 2.25. The number of benzene rings is 1. The quantitative estimate of drug-likeness (QED) is 0.769. The van der Waals surface area contributed by atoms with Crippen LogP contribution in [0.1, 0.15) is 67.3 Å². The molecular weight excluding hydrogens is 346 g/mol. The van der Waals surface area contributed by atoms with Gasteiger partial charge in [-0.1, -0.05) is 31.4 Å². The van der Waals surface area contributed by atoms with E-state index in [0.29, 0.717) is 0 Å². The first-order valence-corrected chi connectivity index (χ1v) is 11.6. The van der Waals surface area contributed by atoms with Crippen molar-refractivity contribution in [3.8, 4) is 0 Å². The van der Waals surface area contributed by atoms with Crippen LogP contribution >= 0.6 is 0 Å². The van der Waals surface area contributed by atoms with Crippen LogP contribution in [0.4, 0.5) is 0 Å². The number of likely N-dealkylation sites (tertiary alicyclic amines) is 1. The molecule has 2 heterocycles. The third-order valence-electron chi connectivity index (χ3n) is 6.90. The Balaban J connectivity index is 1.31. The highest BCUT2D eigenvalue weighted by Gasteiger charge is 2.23. The molecule has 3 fully saturated rings. The minimum atomic E-state index is 0.225. The van der Waals surface area contributed by atoms with Crippen molar-refractivity contribution in [2.24, 2.45) is 5.92 Å². The molecule has 0 radical (unpaired) electrons. The van der Waals surface area contributed by atoms with Gasteiger partial charge in [0.25, 0.3) is 5.91 Å². The third kappa shape index (κ3) is 5.36. The fourth-order valence-corrected chi connectivity index (χ4v) is 5.28. The Morgan fingerprint density at radius 3 is 2.43 bits per heavy atom. The minimum absolute atomic E-state index is 0.225. The summed E-state index contributed by atoms with van der Waals surface area (Å²) in [5.74, 6) is 1.11. The van der Waals surface area contributed by atoms with Gasteiger partial charge in [-0.2, -0.15) is 0 Å². The van der Waals surface area contributed by atoms with Gasteiger partial charge in [0.2, 0.25) is 0 Å². The summed E-state index contributed by atoms with van der Waals surface area (Å²) in [5, 5.41) is 0. The number of hydrogen-bond acceptors (Lipinski definition) is 3. The maximum absolute atomic E-state index is 13.1. The number of carbonyl (C=O) groups excluding carboxylic acids is 1. The van der Waals surface area contributed by atoms with Crippen LogP contribution in [0.5, 0.6) is 0 Å². The normalized spacial score (nSPS) is 23.1. The fraction of sp³-hybridized carbons (Fsp3) is 0.708. The van der Waals surface area contributed by atoms with Gasteiger partial charge in [0.15, 0.2) is 0 Å². The SMILES string of the molecule is O=C(c1cccc(CN2CCCC2)c1)N1CCCN(CC2CCCCC2)CC1. The topological polar surface area (TPSA) is 26.8 Å². The predicted molar refractivity (Wildman–Crippen MR) is 114 cm³/mol. The molecule has 154 valence electrons. The van der Waals surface area contributed by atoms with Crippen LogP contribution in [-0.4, -0.2) is 66.4 Å². The van der Waals surface area contributed by atoms with E-state index in [1.54, 1.807) is 0 Å². The smallest absolute Gasteiger partial charge is 0.253 e. The van der Waals surface area contributed by atoms with Gasteiger partial charge in [-0.05, 0) is 75.4 Å². The average Bonchev–Trinajstić information content (AvgIpc) is 3.13. The van der Waals surface area contributed by atoms with Gasteiger partial charge >= 0.3 is 0 Å². The summed E-state index contributed by atoms with van der Waals surface area (Å²) in [6, 6.07) is 8.36. The number of amides is 1. The van der Waals surface area contributed by atoms with Crippen molar-refractivity contribution < 1.29 is 4.79 Å². The molecular formula is C24H37N3O. The summed E-state index contributed by atoms with van der Waals surface area (Å²) in [5.41, 5.74) is 2.15. The Hall–Kier alpha value is -1.39. The Morgan fingerprint density at radius 1 is 0.821 bits per heavy atom. The van der Waals surface area contributed by atoms with Crippen molar-refractivity contribution >= 4 is 5.91 Å². The zero-order valence-corrected chi connectivity index (χ0v) is 17.5.